The largest absolute Gasteiger partial charge is 0.435 e. The molecule has 0 heterocycles. The molecule has 3 rings (SSSR count). The predicted octanol–water partition coefficient (Wildman–Crippen LogP) is 3.29. The van der Waals surface area contributed by atoms with E-state index in [0.29, 0.717) is 18.4 Å². The standard InChI is InChI=1S/C20H19BrF2N2O3/c21-14-5-1-12(2-6-14)11-16(17(24)26)25-18(27)20(9-10-20)13-3-7-15(8-4-13)28-19(22)23/h1-8,16,19H,9-11H2,(H2,24,26)(H,25,27)/t16-/m0/s1. The van der Waals surface area contributed by atoms with Gasteiger partial charge < -0.3 is 15.8 Å². The summed E-state index contributed by atoms with van der Waals surface area (Å²) in [6.07, 6.45) is 1.50. The zero-order chi connectivity index (χ0) is 20.3. The first-order chi connectivity index (χ1) is 13.3. The van der Waals surface area contributed by atoms with Gasteiger partial charge in [-0.25, -0.2) is 0 Å². The van der Waals surface area contributed by atoms with Crippen LogP contribution in [0.2, 0.25) is 0 Å². The molecule has 1 atom stereocenters. The van der Waals surface area contributed by atoms with Gasteiger partial charge in [-0.05, 0) is 48.2 Å². The van der Waals surface area contributed by atoms with Crippen LogP contribution >= 0.6 is 15.9 Å². The van der Waals surface area contributed by atoms with Crippen LogP contribution in [0, 0.1) is 0 Å². The number of rotatable bonds is 8. The topological polar surface area (TPSA) is 81.4 Å². The van der Waals surface area contributed by atoms with E-state index in [4.69, 9.17) is 5.73 Å². The van der Waals surface area contributed by atoms with Crippen LogP contribution in [0.3, 0.4) is 0 Å². The number of hydrogen-bond acceptors (Lipinski definition) is 3. The van der Waals surface area contributed by atoms with Crippen LogP contribution in [0.4, 0.5) is 8.78 Å². The van der Waals surface area contributed by atoms with Crippen molar-refractivity contribution in [2.45, 2.75) is 37.3 Å². The first-order valence-corrected chi connectivity index (χ1v) is 9.49. The summed E-state index contributed by atoms with van der Waals surface area (Å²) >= 11 is 3.35. The van der Waals surface area contributed by atoms with Gasteiger partial charge in [-0.1, -0.05) is 40.2 Å². The van der Waals surface area contributed by atoms with E-state index in [-0.39, 0.29) is 18.1 Å². The number of carbonyl (C=O) groups excluding carboxylic acids is 2. The number of carbonyl (C=O) groups is 2. The summed E-state index contributed by atoms with van der Waals surface area (Å²) in [5, 5.41) is 2.75. The van der Waals surface area contributed by atoms with E-state index in [0.717, 1.165) is 10.0 Å². The zero-order valence-corrected chi connectivity index (χ0v) is 16.4. The van der Waals surface area contributed by atoms with E-state index >= 15 is 0 Å². The summed E-state index contributed by atoms with van der Waals surface area (Å²) < 4.78 is 29.8. The summed E-state index contributed by atoms with van der Waals surface area (Å²) in [7, 11) is 0. The smallest absolute Gasteiger partial charge is 0.387 e. The van der Waals surface area contributed by atoms with Gasteiger partial charge in [0.25, 0.3) is 0 Å². The van der Waals surface area contributed by atoms with Crippen LogP contribution in [0.15, 0.2) is 53.0 Å². The lowest BCUT2D eigenvalue weighted by Crippen LogP contribution is -2.49. The number of primary amides is 1. The molecule has 2 amide bonds. The summed E-state index contributed by atoms with van der Waals surface area (Å²) in [6.45, 7) is -2.90. The number of halogens is 3. The summed E-state index contributed by atoms with van der Waals surface area (Å²) in [6, 6.07) is 12.6. The Kier molecular flexibility index (Phi) is 5.98. The van der Waals surface area contributed by atoms with Crippen LogP contribution in [0.1, 0.15) is 24.0 Å². The lowest BCUT2D eigenvalue weighted by molar-refractivity contribution is -0.128. The average Bonchev–Trinajstić information content (AvgIpc) is 3.45. The average molecular weight is 453 g/mol. The Bertz CT molecular complexity index is 853. The van der Waals surface area contributed by atoms with Crippen molar-refractivity contribution < 1.29 is 23.1 Å². The van der Waals surface area contributed by atoms with Gasteiger partial charge in [0.2, 0.25) is 11.8 Å². The highest BCUT2D eigenvalue weighted by Gasteiger charge is 2.51. The molecule has 0 unspecified atom stereocenters. The molecule has 1 saturated carbocycles. The number of amides is 2. The van der Waals surface area contributed by atoms with Gasteiger partial charge >= 0.3 is 6.61 Å². The molecular weight excluding hydrogens is 434 g/mol. The highest BCUT2D eigenvalue weighted by atomic mass is 79.9. The molecule has 1 fully saturated rings. The lowest BCUT2D eigenvalue weighted by atomic mass is 9.94. The Morgan fingerprint density at radius 1 is 1.11 bits per heavy atom. The molecule has 0 radical (unpaired) electrons. The number of benzene rings is 2. The van der Waals surface area contributed by atoms with Crippen LogP contribution in [0.25, 0.3) is 0 Å². The van der Waals surface area contributed by atoms with E-state index < -0.39 is 24.0 Å². The second-order valence-corrected chi connectivity index (χ2v) is 7.66. The quantitative estimate of drug-likeness (QED) is 0.644. The lowest BCUT2D eigenvalue weighted by Gasteiger charge is -2.21. The maximum atomic E-state index is 12.9. The van der Waals surface area contributed by atoms with E-state index in [9.17, 15) is 18.4 Å². The first kappa shape index (κ1) is 20.3. The Morgan fingerprint density at radius 2 is 1.71 bits per heavy atom. The fraction of sp³-hybridized carbons (Fsp3) is 0.300. The number of ether oxygens (including phenoxy) is 1. The van der Waals surface area contributed by atoms with Crippen LogP contribution < -0.4 is 15.8 Å². The molecule has 148 valence electrons. The van der Waals surface area contributed by atoms with Crippen molar-refractivity contribution >= 4 is 27.7 Å². The maximum absolute atomic E-state index is 12.9. The fourth-order valence-corrected chi connectivity index (χ4v) is 3.37. The Labute approximate surface area is 169 Å². The summed E-state index contributed by atoms with van der Waals surface area (Å²) in [5.74, 6) is -0.885. The second-order valence-electron chi connectivity index (χ2n) is 6.74. The van der Waals surface area contributed by atoms with Gasteiger partial charge in [0.05, 0.1) is 5.41 Å². The molecule has 2 aromatic rings. The SMILES string of the molecule is NC(=O)[C@H](Cc1ccc(Br)cc1)NC(=O)C1(c2ccc(OC(F)F)cc2)CC1. The van der Waals surface area contributed by atoms with Gasteiger partial charge in [-0.15, -0.1) is 0 Å². The summed E-state index contributed by atoms with van der Waals surface area (Å²) in [5.41, 5.74) is 6.27. The van der Waals surface area contributed by atoms with Crippen LogP contribution in [0.5, 0.6) is 5.75 Å². The van der Waals surface area contributed by atoms with E-state index in [1.807, 2.05) is 24.3 Å². The highest BCUT2D eigenvalue weighted by Crippen LogP contribution is 2.48. The molecule has 8 heteroatoms. The Hall–Kier alpha value is -2.48. The molecule has 5 nitrogen and oxygen atoms in total. The summed E-state index contributed by atoms with van der Waals surface area (Å²) in [4.78, 5) is 24.7. The molecule has 3 N–H and O–H groups in total. The molecule has 0 bridgehead atoms. The van der Waals surface area contributed by atoms with Gasteiger partial charge in [0, 0.05) is 10.9 Å². The minimum absolute atomic E-state index is 0.0280. The van der Waals surface area contributed by atoms with E-state index in [1.165, 1.54) is 12.1 Å². The molecule has 0 saturated heterocycles. The van der Waals surface area contributed by atoms with Crippen molar-refractivity contribution in [2.75, 3.05) is 0 Å². The third-order valence-corrected chi connectivity index (χ3v) is 5.35. The maximum Gasteiger partial charge on any atom is 0.387 e. The number of nitrogens with two attached hydrogens (primary N) is 1. The monoisotopic (exact) mass is 452 g/mol. The van der Waals surface area contributed by atoms with Crippen molar-refractivity contribution in [2.24, 2.45) is 5.73 Å². The molecule has 1 aliphatic rings. The number of nitrogens with one attached hydrogen (secondary N) is 1. The molecule has 0 aromatic heterocycles. The van der Waals surface area contributed by atoms with Crippen LogP contribution in [-0.4, -0.2) is 24.5 Å². The first-order valence-electron chi connectivity index (χ1n) is 8.70. The number of alkyl halides is 2. The van der Waals surface area contributed by atoms with Crippen molar-refractivity contribution in [3.63, 3.8) is 0 Å². The molecule has 0 spiro atoms. The molecule has 2 aromatic carbocycles. The second kappa shape index (κ2) is 8.26. The molecule has 28 heavy (non-hydrogen) atoms. The Balaban J connectivity index is 1.70. The molecule has 0 aliphatic heterocycles. The van der Waals surface area contributed by atoms with Crippen LogP contribution in [-0.2, 0) is 21.4 Å². The normalized spacial score (nSPS) is 15.7. The van der Waals surface area contributed by atoms with E-state index in [2.05, 4.69) is 26.0 Å². The highest BCUT2D eigenvalue weighted by molar-refractivity contribution is 9.10. The zero-order valence-electron chi connectivity index (χ0n) is 14.8. The molecular formula is C20H19BrF2N2O3. The van der Waals surface area contributed by atoms with Gasteiger partial charge in [-0.3, -0.25) is 9.59 Å². The minimum atomic E-state index is -2.90. The van der Waals surface area contributed by atoms with E-state index in [1.54, 1.807) is 12.1 Å². The third-order valence-electron chi connectivity index (χ3n) is 4.82. The predicted molar refractivity (Wildman–Crippen MR) is 103 cm³/mol. The van der Waals surface area contributed by atoms with Gasteiger partial charge in [0.15, 0.2) is 0 Å². The van der Waals surface area contributed by atoms with Crippen molar-refractivity contribution in [1.29, 1.82) is 0 Å². The van der Waals surface area contributed by atoms with Crippen molar-refractivity contribution in [3.8, 4) is 5.75 Å². The van der Waals surface area contributed by atoms with Crippen molar-refractivity contribution in [1.82, 2.24) is 5.32 Å². The van der Waals surface area contributed by atoms with Crippen molar-refractivity contribution in [3.05, 3.63) is 64.1 Å². The van der Waals surface area contributed by atoms with Gasteiger partial charge in [0.1, 0.15) is 11.8 Å². The fourth-order valence-electron chi connectivity index (χ4n) is 3.10. The Morgan fingerprint density at radius 3 is 2.21 bits per heavy atom. The number of hydrogen-bond donors (Lipinski definition) is 2. The van der Waals surface area contributed by atoms with Gasteiger partial charge in [-0.2, -0.15) is 8.78 Å². The third kappa shape index (κ3) is 4.67. The minimum Gasteiger partial charge on any atom is -0.435 e. The molecule has 1 aliphatic carbocycles.